The van der Waals surface area contributed by atoms with Gasteiger partial charge in [-0.1, -0.05) is 24.3 Å². The van der Waals surface area contributed by atoms with Gasteiger partial charge in [-0.05, 0) is 29.8 Å². The maximum atomic E-state index is 12.7. The second-order valence-corrected chi connectivity index (χ2v) is 7.50. The SMILES string of the molecule is N#Cc1ccccc1OCc1cccc(S(=O)(=O)N2CCOCC2)c1. The number of hydrogen-bond donors (Lipinski definition) is 0. The molecule has 0 bridgehead atoms. The van der Waals surface area contributed by atoms with Crippen molar-refractivity contribution in [1.29, 1.82) is 5.26 Å². The van der Waals surface area contributed by atoms with Crippen molar-refractivity contribution in [3.63, 3.8) is 0 Å². The van der Waals surface area contributed by atoms with Crippen molar-refractivity contribution in [3.8, 4) is 11.8 Å². The van der Waals surface area contributed by atoms with Crippen LogP contribution in [0.1, 0.15) is 11.1 Å². The average molecular weight is 358 g/mol. The van der Waals surface area contributed by atoms with Gasteiger partial charge in [0, 0.05) is 13.1 Å². The standard InChI is InChI=1S/C18H18N2O4S/c19-13-16-5-1-2-7-18(16)24-14-15-4-3-6-17(12-15)25(21,22)20-8-10-23-11-9-20/h1-7,12H,8-11,14H2. The lowest BCUT2D eigenvalue weighted by molar-refractivity contribution is 0.0730. The van der Waals surface area contributed by atoms with Crippen LogP contribution < -0.4 is 4.74 Å². The molecule has 0 radical (unpaired) electrons. The Hall–Kier alpha value is -2.40. The molecule has 1 aliphatic heterocycles. The predicted octanol–water partition coefficient (Wildman–Crippen LogP) is 2.16. The van der Waals surface area contributed by atoms with E-state index < -0.39 is 10.0 Å². The van der Waals surface area contributed by atoms with Crippen LogP contribution in [-0.2, 0) is 21.4 Å². The van der Waals surface area contributed by atoms with Crippen LogP contribution in [0.25, 0.3) is 0 Å². The Morgan fingerprint density at radius 2 is 1.88 bits per heavy atom. The summed E-state index contributed by atoms with van der Waals surface area (Å²) < 4.78 is 37.7. The Morgan fingerprint density at radius 3 is 2.64 bits per heavy atom. The third-order valence-corrected chi connectivity index (χ3v) is 5.80. The smallest absolute Gasteiger partial charge is 0.243 e. The summed E-state index contributed by atoms with van der Waals surface area (Å²) in [4.78, 5) is 0.240. The molecule has 3 rings (SSSR count). The highest BCUT2D eigenvalue weighted by atomic mass is 32.2. The number of ether oxygens (including phenoxy) is 2. The zero-order valence-corrected chi connectivity index (χ0v) is 14.4. The average Bonchev–Trinajstić information content (AvgIpc) is 2.67. The molecule has 25 heavy (non-hydrogen) atoms. The fraction of sp³-hybridized carbons (Fsp3) is 0.278. The van der Waals surface area contributed by atoms with E-state index in [4.69, 9.17) is 14.7 Å². The Bertz CT molecular complexity index is 884. The van der Waals surface area contributed by atoms with Gasteiger partial charge in [-0.3, -0.25) is 0 Å². The summed E-state index contributed by atoms with van der Waals surface area (Å²) in [7, 11) is -3.53. The number of nitrogens with zero attached hydrogens (tertiary/aromatic N) is 2. The second kappa shape index (κ2) is 7.66. The van der Waals surface area contributed by atoms with Gasteiger partial charge in [-0.15, -0.1) is 0 Å². The molecule has 7 heteroatoms. The molecule has 1 aliphatic rings. The van der Waals surface area contributed by atoms with Crippen LogP contribution in [-0.4, -0.2) is 39.0 Å². The highest BCUT2D eigenvalue weighted by Crippen LogP contribution is 2.21. The van der Waals surface area contributed by atoms with Crippen LogP contribution in [0.15, 0.2) is 53.4 Å². The summed E-state index contributed by atoms with van der Waals surface area (Å²) in [5.41, 5.74) is 1.17. The molecule has 0 saturated carbocycles. The molecule has 0 spiro atoms. The molecular formula is C18H18N2O4S. The molecule has 1 fully saturated rings. The number of nitriles is 1. The number of morpholine rings is 1. The lowest BCUT2D eigenvalue weighted by Gasteiger charge is -2.26. The molecule has 2 aromatic carbocycles. The molecule has 0 aliphatic carbocycles. The van der Waals surface area contributed by atoms with Crippen LogP contribution in [0.4, 0.5) is 0 Å². The molecular weight excluding hydrogens is 340 g/mol. The van der Waals surface area contributed by atoms with E-state index in [0.717, 1.165) is 5.56 Å². The second-order valence-electron chi connectivity index (χ2n) is 5.56. The molecule has 0 amide bonds. The third kappa shape index (κ3) is 3.99. The summed E-state index contributed by atoms with van der Waals surface area (Å²) >= 11 is 0. The van der Waals surface area contributed by atoms with Crippen molar-refractivity contribution in [1.82, 2.24) is 4.31 Å². The lowest BCUT2D eigenvalue weighted by atomic mass is 10.2. The monoisotopic (exact) mass is 358 g/mol. The van der Waals surface area contributed by atoms with Crippen molar-refractivity contribution in [2.45, 2.75) is 11.5 Å². The minimum absolute atomic E-state index is 0.186. The van der Waals surface area contributed by atoms with Crippen molar-refractivity contribution in [2.75, 3.05) is 26.3 Å². The number of rotatable bonds is 5. The van der Waals surface area contributed by atoms with Crippen LogP contribution in [0.3, 0.4) is 0 Å². The van der Waals surface area contributed by atoms with Gasteiger partial charge < -0.3 is 9.47 Å². The highest BCUT2D eigenvalue weighted by Gasteiger charge is 2.26. The molecule has 2 aromatic rings. The molecule has 0 unspecified atom stereocenters. The van der Waals surface area contributed by atoms with Gasteiger partial charge in [0.2, 0.25) is 10.0 Å². The first-order valence-corrected chi connectivity index (χ1v) is 9.34. The lowest BCUT2D eigenvalue weighted by Crippen LogP contribution is -2.40. The number of para-hydroxylation sites is 1. The van der Waals surface area contributed by atoms with Gasteiger partial charge in [-0.2, -0.15) is 9.57 Å². The molecule has 130 valence electrons. The number of sulfonamides is 1. The number of hydrogen-bond acceptors (Lipinski definition) is 5. The molecule has 1 heterocycles. The van der Waals surface area contributed by atoms with Crippen molar-refractivity contribution in [3.05, 3.63) is 59.7 Å². The van der Waals surface area contributed by atoms with Gasteiger partial charge in [-0.25, -0.2) is 8.42 Å². The van der Waals surface area contributed by atoms with Gasteiger partial charge in [0.1, 0.15) is 18.4 Å². The quantitative estimate of drug-likeness (QED) is 0.818. The summed E-state index contributed by atoms with van der Waals surface area (Å²) in [5.74, 6) is 0.478. The van der Waals surface area contributed by atoms with E-state index in [2.05, 4.69) is 6.07 Å². The van der Waals surface area contributed by atoms with Crippen LogP contribution in [0, 0.1) is 11.3 Å². The first kappa shape index (κ1) is 17.4. The van der Waals surface area contributed by atoms with Crippen molar-refractivity contribution >= 4 is 10.0 Å². The zero-order valence-electron chi connectivity index (χ0n) is 13.6. The summed E-state index contributed by atoms with van der Waals surface area (Å²) in [5, 5.41) is 9.09. The minimum atomic E-state index is -3.53. The summed E-state index contributed by atoms with van der Waals surface area (Å²) in [6, 6.07) is 15.7. The Balaban J connectivity index is 1.76. The van der Waals surface area contributed by atoms with Crippen LogP contribution in [0.5, 0.6) is 5.75 Å². The van der Waals surface area contributed by atoms with E-state index in [1.807, 2.05) is 0 Å². The van der Waals surface area contributed by atoms with Gasteiger partial charge in [0.25, 0.3) is 0 Å². The van der Waals surface area contributed by atoms with Gasteiger partial charge in [0.15, 0.2) is 0 Å². The van der Waals surface area contributed by atoms with E-state index in [1.165, 1.54) is 4.31 Å². The van der Waals surface area contributed by atoms with E-state index in [9.17, 15) is 8.42 Å². The Labute approximate surface area is 147 Å². The zero-order chi connectivity index (χ0) is 17.7. The van der Waals surface area contributed by atoms with Gasteiger partial charge in [0.05, 0.1) is 23.7 Å². The Morgan fingerprint density at radius 1 is 1.12 bits per heavy atom. The third-order valence-electron chi connectivity index (χ3n) is 3.91. The predicted molar refractivity (Wildman–Crippen MR) is 91.5 cm³/mol. The molecule has 0 aromatic heterocycles. The largest absolute Gasteiger partial charge is 0.488 e. The highest BCUT2D eigenvalue weighted by molar-refractivity contribution is 7.89. The van der Waals surface area contributed by atoms with Crippen molar-refractivity contribution < 1.29 is 17.9 Å². The summed E-state index contributed by atoms with van der Waals surface area (Å²) in [6.07, 6.45) is 0. The Kier molecular flexibility index (Phi) is 5.34. The molecule has 0 N–H and O–H groups in total. The van der Waals surface area contributed by atoms with E-state index in [1.54, 1.807) is 48.5 Å². The maximum absolute atomic E-state index is 12.7. The van der Waals surface area contributed by atoms with E-state index in [0.29, 0.717) is 37.6 Å². The van der Waals surface area contributed by atoms with Crippen molar-refractivity contribution in [2.24, 2.45) is 0 Å². The van der Waals surface area contributed by atoms with E-state index >= 15 is 0 Å². The summed E-state index contributed by atoms with van der Waals surface area (Å²) in [6.45, 7) is 1.72. The van der Waals surface area contributed by atoms with Gasteiger partial charge >= 0.3 is 0 Å². The minimum Gasteiger partial charge on any atom is -0.488 e. The topological polar surface area (TPSA) is 79.6 Å². The normalized spacial score (nSPS) is 15.5. The van der Waals surface area contributed by atoms with Crippen LogP contribution in [0.2, 0.25) is 0 Å². The first-order chi connectivity index (χ1) is 12.1. The number of benzene rings is 2. The fourth-order valence-electron chi connectivity index (χ4n) is 2.58. The fourth-order valence-corrected chi connectivity index (χ4v) is 4.06. The molecule has 0 atom stereocenters. The molecule has 1 saturated heterocycles. The van der Waals surface area contributed by atoms with E-state index in [-0.39, 0.29) is 11.5 Å². The molecule has 6 nitrogen and oxygen atoms in total. The van der Waals surface area contributed by atoms with Crippen LogP contribution >= 0.6 is 0 Å². The first-order valence-electron chi connectivity index (χ1n) is 7.90. The maximum Gasteiger partial charge on any atom is 0.243 e.